The van der Waals surface area contributed by atoms with Crippen LogP contribution in [0.5, 0.6) is 0 Å². The number of imide groups is 1. The summed E-state index contributed by atoms with van der Waals surface area (Å²) in [6.07, 6.45) is 9.76. The van der Waals surface area contributed by atoms with Crippen LogP contribution in [0.25, 0.3) is 22.1 Å². The summed E-state index contributed by atoms with van der Waals surface area (Å²) >= 11 is 0. The van der Waals surface area contributed by atoms with E-state index in [1.54, 1.807) is 55.1 Å². The molecule has 1 spiro atoms. The molecule has 4 amide bonds. The zero-order valence-corrected chi connectivity index (χ0v) is 32.0. The molecule has 2 saturated heterocycles. The summed E-state index contributed by atoms with van der Waals surface area (Å²) < 4.78 is 5.18. The fourth-order valence-corrected chi connectivity index (χ4v) is 9.38. The minimum atomic E-state index is -0.732. The van der Waals surface area contributed by atoms with Crippen molar-refractivity contribution in [3.63, 3.8) is 0 Å². The number of hydrogen-bond acceptors (Lipinski definition) is 10. The molecule has 0 unspecified atom stereocenters. The second kappa shape index (κ2) is 13.3. The SMILES string of the molecule is CN(C)C(=O)c1cc2cnc(Nc3ccc(C(=O)N(C)C4CC5(C4)CN(c4cccc6c4n(C)c(=O)n6[C@H]4CCC(=O)NC4=O)C5)cn3)nc2n1C1CCCC1. The fourth-order valence-electron chi connectivity index (χ4n) is 9.38. The number of imidazole rings is 1. The fraction of sp³-hybridized carbons (Fsp3) is 0.450. The number of nitrogens with one attached hydrogen (secondary N) is 2. The Bertz CT molecular complexity index is 2480. The lowest BCUT2D eigenvalue weighted by molar-refractivity contribution is -0.135. The predicted molar refractivity (Wildman–Crippen MR) is 209 cm³/mol. The smallest absolute Gasteiger partial charge is 0.329 e. The maximum absolute atomic E-state index is 13.6. The Morgan fingerprint density at radius 3 is 2.39 bits per heavy atom. The Balaban J connectivity index is 0.843. The molecule has 2 N–H and O–H groups in total. The highest BCUT2D eigenvalue weighted by molar-refractivity contribution is 6.01. The number of amides is 4. The van der Waals surface area contributed by atoms with Gasteiger partial charge in [-0.1, -0.05) is 18.9 Å². The van der Waals surface area contributed by atoms with E-state index in [1.807, 2.05) is 36.2 Å². The van der Waals surface area contributed by atoms with E-state index < -0.39 is 11.9 Å². The lowest BCUT2D eigenvalue weighted by Gasteiger charge is -2.61. The Labute approximate surface area is 322 Å². The van der Waals surface area contributed by atoms with E-state index in [0.717, 1.165) is 68.2 Å². The molecule has 6 heterocycles. The average Bonchev–Trinajstić information content (AvgIpc) is 3.87. The molecule has 9 rings (SSSR count). The van der Waals surface area contributed by atoms with E-state index in [4.69, 9.17) is 4.98 Å². The van der Waals surface area contributed by atoms with Crippen LogP contribution in [0.4, 0.5) is 17.5 Å². The van der Waals surface area contributed by atoms with Crippen molar-refractivity contribution in [2.75, 3.05) is 44.4 Å². The molecular formula is C40H45N11O5. The van der Waals surface area contributed by atoms with Gasteiger partial charge in [-0.25, -0.2) is 14.8 Å². The van der Waals surface area contributed by atoms with Crippen molar-refractivity contribution >= 4 is 63.1 Å². The van der Waals surface area contributed by atoms with Crippen molar-refractivity contribution in [1.82, 2.24) is 43.8 Å². The van der Waals surface area contributed by atoms with Gasteiger partial charge in [0.25, 0.3) is 11.8 Å². The monoisotopic (exact) mass is 759 g/mol. The van der Waals surface area contributed by atoms with Crippen LogP contribution in [0.2, 0.25) is 0 Å². The van der Waals surface area contributed by atoms with Crippen LogP contribution in [0.15, 0.2) is 53.6 Å². The van der Waals surface area contributed by atoms with Gasteiger partial charge >= 0.3 is 5.69 Å². The van der Waals surface area contributed by atoms with Crippen LogP contribution in [-0.2, 0) is 16.6 Å². The largest absolute Gasteiger partial charge is 0.369 e. The van der Waals surface area contributed by atoms with E-state index in [0.29, 0.717) is 34.2 Å². The first-order valence-corrected chi connectivity index (χ1v) is 19.3. The summed E-state index contributed by atoms with van der Waals surface area (Å²) in [5, 5.41) is 6.36. The summed E-state index contributed by atoms with van der Waals surface area (Å²) in [7, 11) is 7.07. The van der Waals surface area contributed by atoms with Crippen LogP contribution < -0.4 is 21.2 Å². The number of nitrogens with zero attached hydrogens (tertiary/aromatic N) is 9. The molecule has 4 aromatic heterocycles. The lowest BCUT2D eigenvalue weighted by atomic mass is 9.60. The number of anilines is 3. The Morgan fingerprint density at radius 1 is 0.929 bits per heavy atom. The van der Waals surface area contributed by atoms with Crippen molar-refractivity contribution in [3.8, 4) is 0 Å². The van der Waals surface area contributed by atoms with Gasteiger partial charge in [0.15, 0.2) is 0 Å². The molecule has 0 bridgehead atoms. The number of aryl methyl sites for hydroxylation is 1. The Morgan fingerprint density at radius 2 is 1.70 bits per heavy atom. The molecule has 0 radical (unpaired) electrons. The van der Waals surface area contributed by atoms with Crippen LogP contribution in [0.1, 0.15) is 84.3 Å². The third-order valence-corrected chi connectivity index (χ3v) is 12.3. The molecule has 5 aromatic rings. The Hall–Kier alpha value is -6.06. The molecular weight excluding hydrogens is 715 g/mol. The standard InChI is InChI=1S/C40H45N11O5/c1-46(2)37(55)30-16-24-20-42-38(45-34(24)50(30)25-8-5-6-9-25)43-31-14-12-23(19-41-31)36(54)47(3)26-17-40(18-26)21-49(22-40)27-10-7-11-28-33(27)48(4)39(56)51(28)29-13-15-32(52)44-35(29)53/h7,10-12,14,16,19-20,25-26,29H,5-6,8-9,13,15,17-18,21-22H2,1-4H3,(H,44,52,53)(H,41,42,43,45)/t29-/m0/s1. The first-order valence-electron chi connectivity index (χ1n) is 19.3. The van der Waals surface area contributed by atoms with Gasteiger partial charge in [0.2, 0.25) is 17.8 Å². The van der Waals surface area contributed by atoms with Crippen LogP contribution in [0.3, 0.4) is 0 Å². The molecule has 1 atom stereocenters. The molecule has 16 nitrogen and oxygen atoms in total. The summed E-state index contributed by atoms with van der Waals surface area (Å²) in [5.41, 5.74) is 3.99. The van der Waals surface area contributed by atoms with Gasteiger partial charge in [-0.05, 0) is 62.4 Å². The maximum Gasteiger partial charge on any atom is 0.329 e. The van der Waals surface area contributed by atoms with Crippen LogP contribution >= 0.6 is 0 Å². The molecule has 2 saturated carbocycles. The summed E-state index contributed by atoms with van der Waals surface area (Å²) in [5.74, 6) is -0.0620. The molecule has 290 valence electrons. The van der Waals surface area contributed by atoms with Gasteiger partial charge in [-0.3, -0.25) is 33.6 Å². The highest BCUT2D eigenvalue weighted by Crippen LogP contribution is 2.52. The van der Waals surface area contributed by atoms with Crippen LogP contribution in [-0.4, -0.2) is 102 Å². The number of rotatable bonds is 8. The minimum absolute atomic E-state index is 0.0635. The highest BCUT2D eigenvalue weighted by atomic mass is 16.2. The lowest BCUT2D eigenvalue weighted by Crippen LogP contribution is -2.66. The number of carbonyl (C=O) groups is 4. The summed E-state index contributed by atoms with van der Waals surface area (Å²) in [6, 6.07) is 10.7. The quantitative estimate of drug-likeness (QED) is 0.222. The third-order valence-electron chi connectivity index (χ3n) is 12.3. The molecule has 2 aliphatic heterocycles. The van der Waals surface area contributed by atoms with Gasteiger partial charge < -0.3 is 24.6 Å². The van der Waals surface area contributed by atoms with Gasteiger partial charge in [-0.2, -0.15) is 4.98 Å². The van der Waals surface area contributed by atoms with E-state index in [2.05, 4.69) is 30.1 Å². The number of benzene rings is 1. The molecule has 4 aliphatic rings. The van der Waals surface area contributed by atoms with E-state index in [-0.39, 0.29) is 53.8 Å². The Kier molecular flexibility index (Phi) is 8.47. The molecule has 2 aliphatic carbocycles. The van der Waals surface area contributed by atoms with Crippen LogP contribution in [0, 0.1) is 5.41 Å². The number of piperidine rings is 1. The van der Waals surface area contributed by atoms with Crippen molar-refractivity contribution < 1.29 is 19.2 Å². The highest BCUT2D eigenvalue weighted by Gasteiger charge is 2.54. The van der Waals surface area contributed by atoms with Gasteiger partial charge in [-0.15, -0.1) is 0 Å². The normalized spacial score (nSPS) is 19.6. The number of aromatic nitrogens is 6. The topological polar surface area (TPSA) is 173 Å². The first-order chi connectivity index (χ1) is 26.9. The summed E-state index contributed by atoms with van der Waals surface area (Å²) in [6.45, 7) is 1.60. The van der Waals surface area contributed by atoms with Crippen molar-refractivity contribution in [2.45, 2.75) is 69.5 Å². The molecule has 1 aromatic carbocycles. The number of hydrogen-bond donors (Lipinski definition) is 2. The zero-order chi connectivity index (χ0) is 39.0. The van der Waals surface area contributed by atoms with Gasteiger partial charge in [0, 0.05) is 83.0 Å². The molecule has 56 heavy (non-hydrogen) atoms. The van der Waals surface area contributed by atoms with Gasteiger partial charge in [0.1, 0.15) is 23.2 Å². The zero-order valence-electron chi connectivity index (χ0n) is 32.0. The number of pyridine rings is 1. The summed E-state index contributed by atoms with van der Waals surface area (Å²) in [4.78, 5) is 84.0. The van der Waals surface area contributed by atoms with Gasteiger partial charge in [0.05, 0.1) is 22.3 Å². The molecule has 4 fully saturated rings. The second-order valence-electron chi connectivity index (χ2n) is 16.2. The maximum atomic E-state index is 13.6. The molecule has 16 heteroatoms. The van der Waals surface area contributed by atoms with Crippen molar-refractivity contribution in [3.05, 3.63) is 70.5 Å². The average molecular weight is 760 g/mol. The number of carbonyl (C=O) groups excluding carboxylic acids is 4. The van der Waals surface area contributed by atoms with Crippen molar-refractivity contribution in [1.29, 1.82) is 0 Å². The third kappa shape index (κ3) is 5.80. The first kappa shape index (κ1) is 35.6. The number of para-hydroxylation sites is 1. The van der Waals surface area contributed by atoms with E-state index >= 15 is 0 Å². The minimum Gasteiger partial charge on any atom is -0.369 e. The van der Waals surface area contributed by atoms with E-state index in [9.17, 15) is 24.0 Å². The number of fused-ring (bicyclic) bond motifs is 2. The predicted octanol–water partition coefficient (Wildman–Crippen LogP) is 3.76. The van der Waals surface area contributed by atoms with Crippen molar-refractivity contribution in [2.24, 2.45) is 12.5 Å². The van der Waals surface area contributed by atoms with E-state index in [1.165, 1.54) is 4.57 Å². The second-order valence-corrected chi connectivity index (χ2v) is 16.2.